The summed E-state index contributed by atoms with van der Waals surface area (Å²) in [7, 11) is 0. The molecule has 2 atom stereocenters. The van der Waals surface area contributed by atoms with Gasteiger partial charge in [0.2, 0.25) is 0 Å². The predicted octanol–water partition coefficient (Wildman–Crippen LogP) is 6.30. The van der Waals surface area contributed by atoms with Crippen LogP contribution >= 0.6 is 22.6 Å². The summed E-state index contributed by atoms with van der Waals surface area (Å²) in [5, 5.41) is 0. The summed E-state index contributed by atoms with van der Waals surface area (Å²) < 4.78 is 6.15. The van der Waals surface area contributed by atoms with Gasteiger partial charge in [-0.25, -0.2) is 4.79 Å². The summed E-state index contributed by atoms with van der Waals surface area (Å²) in [5.74, 6) is -0.214. The predicted molar refractivity (Wildman–Crippen MR) is 107 cm³/mol. The highest BCUT2D eigenvalue weighted by Crippen LogP contribution is 2.23. The lowest BCUT2D eigenvalue weighted by Gasteiger charge is -2.22. The van der Waals surface area contributed by atoms with Gasteiger partial charge in [0.1, 0.15) is 6.10 Å². The Balaban J connectivity index is 2.63. The van der Waals surface area contributed by atoms with Crippen molar-refractivity contribution in [3.8, 4) is 0 Å². The first-order valence-electron chi connectivity index (χ1n) is 9.08. The molecule has 0 radical (unpaired) electrons. The largest absolute Gasteiger partial charge is 0.458 e. The first-order valence-corrected chi connectivity index (χ1v) is 10.3. The molecule has 0 aliphatic carbocycles. The number of alkyl halides is 1. The molecular weight excluding hydrogens is 399 g/mol. The summed E-state index contributed by atoms with van der Waals surface area (Å²) in [4.78, 5) is 12.0. The Morgan fingerprint density at radius 1 is 1.09 bits per heavy atom. The van der Waals surface area contributed by atoms with Crippen molar-refractivity contribution >= 4 is 28.6 Å². The molecule has 0 aromatic carbocycles. The molecule has 2 nitrogen and oxygen atoms in total. The van der Waals surface area contributed by atoms with Crippen LogP contribution in [0.15, 0.2) is 36.5 Å². The van der Waals surface area contributed by atoms with Crippen molar-refractivity contribution in [3.63, 3.8) is 0 Å². The second-order valence-electron chi connectivity index (χ2n) is 6.15. The summed E-state index contributed by atoms with van der Waals surface area (Å²) in [6.07, 6.45) is 23.3. The molecule has 1 aliphatic rings. The molecule has 0 N–H and O–H groups in total. The third-order valence-electron chi connectivity index (χ3n) is 4.07. The number of hydrogen-bond acceptors (Lipinski definition) is 2. The Morgan fingerprint density at radius 3 is 2.70 bits per heavy atom. The van der Waals surface area contributed by atoms with Gasteiger partial charge in [-0.15, -0.1) is 0 Å². The van der Waals surface area contributed by atoms with Crippen LogP contribution in [0.5, 0.6) is 0 Å². The van der Waals surface area contributed by atoms with E-state index in [1.807, 2.05) is 12.2 Å². The zero-order chi connectivity index (χ0) is 16.8. The van der Waals surface area contributed by atoms with Crippen LogP contribution in [0.3, 0.4) is 0 Å². The van der Waals surface area contributed by atoms with Crippen LogP contribution in [-0.4, -0.2) is 16.0 Å². The van der Waals surface area contributed by atoms with Gasteiger partial charge >= 0.3 is 5.97 Å². The molecule has 0 spiro atoms. The number of esters is 1. The van der Waals surface area contributed by atoms with Gasteiger partial charge in [-0.3, -0.25) is 0 Å². The smallest absolute Gasteiger partial charge is 0.331 e. The number of carbonyl (C=O) groups is 1. The lowest BCUT2D eigenvalue weighted by Crippen LogP contribution is -2.26. The van der Waals surface area contributed by atoms with Crippen LogP contribution in [0.4, 0.5) is 0 Å². The quantitative estimate of drug-likeness (QED) is 0.226. The number of hydrogen-bond donors (Lipinski definition) is 0. The molecule has 1 heterocycles. The van der Waals surface area contributed by atoms with Crippen molar-refractivity contribution in [3.05, 3.63) is 36.5 Å². The SMILES string of the molecule is CCCCCC1OC(=O)\C=C/C=C\C=C/CCCCCCC1I. The lowest BCUT2D eigenvalue weighted by atomic mass is 10.0. The van der Waals surface area contributed by atoms with E-state index in [0.29, 0.717) is 3.92 Å². The number of carbonyl (C=O) groups excluding carboxylic acids is 1. The second-order valence-corrected chi connectivity index (χ2v) is 7.75. The Hall–Kier alpha value is -0.580. The van der Waals surface area contributed by atoms with E-state index >= 15 is 0 Å². The fraction of sp³-hybridized carbons (Fsp3) is 0.650. The van der Waals surface area contributed by atoms with Gasteiger partial charge in [0.15, 0.2) is 0 Å². The normalized spacial score (nSPS) is 28.7. The number of halogens is 1. The van der Waals surface area contributed by atoms with Crippen molar-refractivity contribution in [1.82, 2.24) is 0 Å². The topological polar surface area (TPSA) is 26.3 Å². The minimum absolute atomic E-state index is 0.0519. The van der Waals surface area contributed by atoms with Crippen LogP contribution < -0.4 is 0 Å². The summed E-state index contributed by atoms with van der Waals surface area (Å²) >= 11 is 2.48. The van der Waals surface area contributed by atoms with Crippen molar-refractivity contribution in [2.75, 3.05) is 0 Å². The van der Waals surface area contributed by atoms with Gasteiger partial charge in [0.05, 0.1) is 0 Å². The molecule has 0 bridgehead atoms. The van der Waals surface area contributed by atoms with Crippen LogP contribution in [-0.2, 0) is 9.53 Å². The Labute approximate surface area is 155 Å². The van der Waals surface area contributed by atoms with E-state index < -0.39 is 0 Å². The van der Waals surface area contributed by atoms with Crippen LogP contribution in [0.2, 0.25) is 0 Å². The Kier molecular flexibility index (Phi) is 12.3. The highest BCUT2D eigenvalue weighted by molar-refractivity contribution is 14.1. The lowest BCUT2D eigenvalue weighted by molar-refractivity contribution is -0.143. The molecule has 1 rings (SSSR count). The van der Waals surface area contributed by atoms with Crippen molar-refractivity contribution in [1.29, 1.82) is 0 Å². The minimum Gasteiger partial charge on any atom is -0.458 e. The first-order chi connectivity index (χ1) is 11.2. The van der Waals surface area contributed by atoms with Gasteiger partial charge in [0, 0.05) is 10.0 Å². The standard InChI is InChI=1S/C20H31IO2/c1-2-3-12-16-19-18(21)15-13-10-8-6-4-5-7-9-11-14-17-20(22)23-19/h5,7,9,11,14,17-19H,2-4,6,8,10,12-13,15-16H2,1H3/b7-5-,11-9-,17-14-. The fourth-order valence-electron chi connectivity index (χ4n) is 2.68. The van der Waals surface area contributed by atoms with E-state index in [1.165, 1.54) is 44.6 Å². The average Bonchev–Trinajstić information content (AvgIpc) is 2.54. The highest BCUT2D eigenvalue weighted by Gasteiger charge is 2.21. The molecule has 1 aliphatic heterocycles. The van der Waals surface area contributed by atoms with E-state index in [9.17, 15) is 4.79 Å². The molecule has 130 valence electrons. The van der Waals surface area contributed by atoms with Crippen LogP contribution in [0.1, 0.15) is 71.1 Å². The molecule has 2 unspecified atom stereocenters. The monoisotopic (exact) mass is 430 g/mol. The number of ether oxygens (including phenoxy) is 1. The van der Waals surface area contributed by atoms with Crippen molar-refractivity contribution in [2.45, 2.75) is 81.2 Å². The van der Waals surface area contributed by atoms with E-state index in [1.54, 1.807) is 6.08 Å². The Bertz CT molecular complexity index is 398. The van der Waals surface area contributed by atoms with Crippen molar-refractivity contribution < 1.29 is 9.53 Å². The molecule has 0 aromatic rings. The molecule has 3 heteroatoms. The molecule has 0 amide bonds. The van der Waals surface area contributed by atoms with Gasteiger partial charge in [-0.05, 0) is 32.1 Å². The maximum Gasteiger partial charge on any atom is 0.331 e. The van der Waals surface area contributed by atoms with Gasteiger partial charge in [-0.2, -0.15) is 0 Å². The number of cyclic esters (lactones) is 1. The summed E-state index contributed by atoms with van der Waals surface area (Å²) in [5.41, 5.74) is 0. The minimum atomic E-state index is -0.214. The zero-order valence-corrected chi connectivity index (χ0v) is 16.5. The van der Waals surface area contributed by atoms with E-state index in [-0.39, 0.29) is 12.1 Å². The molecule has 23 heavy (non-hydrogen) atoms. The first kappa shape index (κ1) is 20.5. The second kappa shape index (κ2) is 13.8. The third-order valence-corrected chi connectivity index (χ3v) is 5.49. The summed E-state index contributed by atoms with van der Waals surface area (Å²) in [6.45, 7) is 2.20. The maximum atomic E-state index is 12.0. The van der Waals surface area contributed by atoms with E-state index in [0.717, 1.165) is 25.7 Å². The number of allylic oxidation sites excluding steroid dienone is 5. The zero-order valence-electron chi connectivity index (χ0n) is 14.4. The van der Waals surface area contributed by atoms with Crippen LogP contribution in [0, 0.1) is 0 Å². The van der Waals surface area contributed by atoms with E-state index in [2.05, 4.69) is 41.7 Å². The molecule has 0 saturated heterocycles. The third kappa shape index (κ3) is 10.7. The van der Waals surface area contributed by atoms with E-state index in [4.69, 9.17) is 4.74 Å². The molecular formula is C20H31IO2. The maximum absolute atomic E-state index is 12.0. The average molecular weight is 430 g/mol. The highest BCUT2D eigenvalue weighted by atomic mass is 127. The molecule has 0 aromatic heterocycles. The van der Waals surface area contributed by atoms with Gasteiger partial charge < -0.3 is 4.74 Å². The fourth-order valence-corrected chi connectivity index (χ4v) is 3.62. The molecule has 0 fully saturated rings. The summed E-state index contributed by atoms with van der Waals surface area (Å²) in [6, 6.07) is 0. The molecule has 0 saturated carbocycles. The van der Waals surface area contributed by atoms with Gasteiger partial charge in [-0.1, -0.05) is 92.0 Å². The van der Waals surface area contributed by atoms with Gasteiger partial charge in [0.25, 0.3) is 0 Å². The Morgan fingerprint density at radius 2 is 1.87 bits per heavy atom. The van der Waals surface area contributed by atoms with Crippen LogP contribution in [0.25, 0.3) is 0 Å². The van der Waals surface area contributed by atoms with Crippen molar-refractivity contribution in [2.24, 2.45) is 0 Å². The number of rotatable bonds is 4. The number of unbranched alkanes of at least 4 members (excludes halogenated alkanes) is 2.